The molecular weight excluding hydrogens is 568 g/mol. The van der Waals surface area contributed by atoms with Crippen LogP contribution in [0.1, 0.15) is 56.3 Å². The van der Waals surface area contributed by atoms with E-state index in [2.05, 4.69) is 4.99 Å². The molecule has 0 aliphatic carbocycles. The van der Waals surface area contributed by atoms with Gasteiger partial charge in [0.2, 0.25) is 0 Å². The van der Waals surface area contributed by atoms with Gasteiger partial charge in [-0.1, -0.05) is 23.5 Å². The number of non-ortho nitro benzene ring substituents is 1. The Bertz CT molecular complexity index is 1930. The van der Waals surface area contributed by atoms with E-state index in [0.717, 1.165) is 28.2 Å². The monoisotopic (exact) mass is 600 g/mol. The minimum Gasteiger partial charge on any atom is -0.491 e. The Kier molecular flexibility index (Phi) is 8.19. The molecule has 0 N–H and O–H groups in total. The molecule has 0 bridgehead atoms. The molecule has 0 saturated carbocycles. The Morgan fingerprint density at radius 3 is 2.40 bits per heavy atom. The number of hydrogen-bond acceptors (Lipinski definition) is 8. The Morgan fingerprint density at radius 2 is 1.79 bits per heavy atom. The van der Waals surface area contributed by atoms with E-state index in [1.54, 1.807) is 30.5 Å². The van der Waals surface area contributed by atoms with Crippen molar-refractivity contribution in [1.82, 2.24) is 9.13 Å². The minimum atomic E-state index is -0.724. The van der Waals surface area contributed by atoms with Crippen molar-refractivity contribution in [1.29, 1.82) is 0 Å². The Hall–Kier alpha value is -4.77. The Morgan fingerprint density at radius 1 is 1.12 bits per heavy atom. The van der Waals surface area contributed by atoms with Gasteiger partial charge in [0.25, 0.3) is 11.2 Å². The molecule has 4 aromatic rings. The van der Waals surface area contributed by atoms with Gasteiger partial charge in [0.1, 0.15) is 5.75 Å². The van der Waals surface area contributed by atoms with Gasteiger partial charge in [-0.25, -0.2) is 9.79 Å². The maximum Gasteiger partial charge on any atom is 0.338 e. The number of allylic oxidation sites excluding steroid dienone is 1. The molecule has 10 nitrogen and oxygen atoms in total. The third-order valence-corrected chi connectivity index (χ3v) is 8.14. The van der Waals surface area contributed by atoms with E-state index >= 15 is 0 Å². The van der Waals surface area contributed by atoms with Crippen LogP contribution in [0.3, 0.4) is 0 Å². The van der Waals surface area contributed by atoms with E-state index in [1.807, 2.05) is 68.7 Å². The molecule has 0 fully saturated rings. The third-order valence-electron chi connectivity index (χ3n) is 7.16. The summed E-state index contributed by atoms with van der Waals surface area (Å²) in [5, 5.41) is 11.1. The molecular formula is C32H32N4O6S. The number of esters is 1. The summed E-state index contributed by atoms with van der Waals surface area (Å²) in [5.74, 6) is 0.171. The van der Waals surface area contributed by atoms with Crippen LogP contribution < -0.4 is 19.6 Å². The Balaban J connectivity index is 1.63. The number of fused-ring (bicyclic) bond motifs is 1. The number of nitrogens with zero attached hydrogens (tertiary/aromatic N) is 4. The maximum atomic E-state index is 14.0. The lowest BCUT2D eigenvalue weighted by Gasteiger charge is -2.25. The van der Waals surface area contributed by atoms with Gasteiger partial charge in [-0.15, -0.1) is 0 Å². The lowest BCUT2D eigenvalue weighted by atomic mass is 9.96. The number of nitro groups is 1. The first kappa shape index (κ1) is 29.7. The molecule has 2 aromatic heterocycles. The van der Waals surface area contributed by atoms with Crippen molar-refractivity contribution < 1.29 is 19.2 Å². The molecule has 11 heteroatoms. The molecule has 0 unspecified atom stereocenters. The average Bonchev–Trinajstić information content (AvgIpc) is 3.41. The number of ether oxygens (including phenoxy) is 2. The topological polar surface area (TPSA) is 118 Å². The third kappa shape index (κ3) is 5.68. The van der Waals surface area contributed by atoms with Crippen molar-refractivity contribution in [3.63, 3.8) is 0 Å². The van der Waals surface area contributed by atoms with Crippen molar-refractivity contribution in [2.75, 3.05) is 6.61 Å². The number of hydrogen-bond donors (Lipinski definition) is 0. The second kappa shape index (κ2) is 11.8. The fourth-order valence-corrected chi connectivity index (χ4v) is 6.34. The summed E-state index contributed by atoms with van der Waals surface area (Å²) in [5.41, 5.74) is 4.68. The predicted molar refractivity (Wildman–Crippen MR) is 165 cm³/mol. The number of benzene rings is 2. The maximum absolute atomic E-state index is 14.0. The SMILES string of the molecule is CCOC(=O)C1=C(C)N=c2s/c(=C\c3cc(C)n(-c4ccc([N+](=O)[O-])cc4)c3C)c(=O)n2[C@@H]1c1ccc(OC(C)C)cc1. The number of nitro benzene ring substituents is 1. The summed E-state index contributed by atoms with van der Waals surface area (Å²) in [6.07, 6.45) is 1.83. The van der Waals surface area contributed by atoms with E-state index in [9.17, 15) is 19.7 Å². The van der Waals surface area contributed by atoms with Crippen LogP contribution in [-0.4, -0.2) is 32.7 Å². The lowest BCUT2D eigenvalue weighted by Crippen LogP contribution is -2.39. The number of thiazole rings is 1. The van der Waals surface area contributed by atoms with Crippen LogP contribution >= 0.6 is 11.3 Å². The summed E-state index contributed by atoms with van der Waals surface area (Å²) < 4.78 is 15.2. The largest absolute Gasteiger partial charge is 0.491 e. The first-order chi connectivity index (χ1) is 20.5. The molecule has 0 spiro atoms. The van der Waals surface area contributed by atoms with E-state index < -0.39 is 16.9 Å². The molecule has 0 saturated heterocycles. The average molecular weight is 601 g/mol. The van der Waals surface area contributed by atoms with Crippen LogP contribution in [0.15, 0.2) is 75.7 Å². The van der Waals surface area contributed by atoms with Gasteiger partial charge in [-0.05, 0) is 89.1 Å². The highest BCUT2D eigenvalue weighted by Gasteiger charge is 2.33. The molecule has 1 atom stereocenters. The highest BCUT2D eigenvalue weighted by molar-refractivity contribution is 7.07. The summed E-state index contributed by atoms with van der Waals surface area (Å²) in [4.78, 5) is 43.0. The summed E-state index contributed by atoms with van der Waals surface area (Å²) in [6.45, 7) is 11.4. The lowest BCUT2D eigenvalue weighted by molar-refractivity contribution is -0.384. The first-order valence-corrected chi connectivity index (χ1v) is 14.7. The van der Waals surface area contributed by atoms with E-state index in [-0.39, 0.29) is 24.0 Å². The summed E-state index contributed by atoms with van der Waals surface area (Å²) >= 11 is 1.26. The van der Waals surface area contributed by atoms with E-state index in [1.165, 1.54) is 23.5 Å². The van der Waals surface area contributed by atoms with Crippen molar-refractivity contribution >= 4 is 29.1 Å². The number of aromatic nitrogens is 2. The summed E-state index contributed by atoms with van der Waals surface area (Å²) in [6, 6.07) is 15.0. The van der Waals surface area contributed by atoms with Crippen LogP contribution in [0.4, 0.5) is 5.69 Å². The van der Waals surface area contributed by atoms with Crippen LogP contribution in [0, 0.1) is 24.0 Å². The van der Waals surface area contributed by atoms with Gasteiger partial charge in [0.15, 0.2) is 4.80 Å². The molecule has 0 radical (unpaired) electrons. The second-order valence-electron chi connectivity index (χ2n) is 10.5. The van der Waals surface area contributed by atoms with Crippen molar-refractivity contribution in [3.05, 3.63) is 118 Å². The van der Waals surface area contributed by atoms with Crippen LogP contribution in [0.25, 0.3) is 11.8 Å². The molecule has 5 rings (SSSR count). The van der Waals surface area contributed by atoms with Crippen molar-refractivity contribution in [3.8, 4) is 11.4 Å². The second-order valence-corrected chi connectivity index (χ2v) is 11.5. The first-order valence-electron chi connectivity index (χ1n) is 13.9. The molecule has 1 aliphatic heterocycles. The molecule has 1 aliphatic rings. The van der Waals surface area contributed by atoms with E-state index in [0.29, 0.717) is 26.4 Å². The normalized spacial score (nSPS) is 15.0. The molecule has 222 valence electrons. The zero-order valence-electron chi connectivity index (χ0n) is 24.8. The molecule has 3 heterocycles. The van der Waals surface area contributed by atoms with Gasteiger partial charge in [0.05, 0.1) is 39.5 Å². The van der Waals surface area contributed by atoms with Crippen LogP contribution in [-0.2, 0) is 9.53 Å². The van der Waals surface area contributed by atoms with Crippen LogP contribution in [0.5, 0.6) is 5.75 Å². The highest BCUT2D eigenvalue weighted by atomic mass is 32.1. The molecule has 43 heavy (non-hydrogen) atoms. The number of rotatable bonds is 8. The fourth-order valence-electron chi connectivity index (χ4n) is 5.30. The number of aryl methyl sites for hydroxylation is 1. The zero-order valence-corrected chi connectivity index (χ0v) is 25.6. The zero-order chi connectivity index (χ0) is 31.0. The smallest absolute Gasteiger partial charge is 0.338 e. The van der Waals surface area contributed by atoms with Gasteiger partial charge in [-0.2, -0.15) is 0 Å². The van der Waals surface area contributed by atoms with Crippen LogP contribution in [0.2, 0.25) is 0 Å². The van der Waals surface area contributed by atoms with Gasteiger partial charge in [-0.3, -0.25) is 19.5 Å². The number of carbonyl (C=O) groups is 1. The van der Waals surface area contributed by atoms with E-state index in [4.69, 9.17) is 9.47 Å². The van der Waals surface area contributed by atoms with Crippen molar-refractivity contribution in [2.45, 2.75) is 53.7 Å². The van der Waals surface area contributed by atoms with Gasteiger partial charge < -0.3 is 14.0 Å². The highest BCUT2D eigenvalue weighted by Crippen LogP contribution is 2.32. The summed E-state index contributed by atoms with van der Waals surface area (Å²) in [7, 11) is 0. The van der Waals surface area contributed by atoms with Gasteiger partial charge in [0, 0.05) is 29.2 Å². The molecule has 0 amide bonds. The quantitative estimate of drug-likeness (QED) is 0.161. The number of carbonyl (C=O) groups excluding carboxylic acids is 1. The van der Waals surface area contributed by atoms with Crippen molar-refractivity contribution in [2.24, 2.45) is 4.99 Å². The fraction of sp³-hybridized carbons (Fsp3) is 0.281. The standard InChI is InChI=1S/C32H32N4O6S/c1-7-41-31(38)28-20(5)33-32-35(29(28)22-8-14-26(15-9-22)42-18(2)3)30(37)27(43-32)17-23-16-19(4)34(21(23)6)24-10-12-25(13-11-24)36(39)40/h8-18,29H,7H2,1-6H3/b27-17-/t29-/m1/s1. The minimum absolute atomic E-state index is 0.00289. The van der Waals surface area contributed by atoms with Gasteiger partial charge >= 0.3 is 5.97 Å². The Labute approximate surface area is 252 Å². The molecule has 2 aromatic carbocycles. The predicted octanol–water partition coefficient (Wildman–Crippen LogP) is 4.90.